The summed E-state index contributed by atoms with van der Waals surface area (Å²) in [6.45, 7) is 8.76. The molecule has 0 saturated carbocycles. The number of likely N-dealkylation sites (N-methyl/N-ethyl adjacent to an activating group) is 1. The van der Waals surface area contributed by atoms with Crippen molar-refractivity contribution in [2.24, 2.45) is 0 Å². The lowest BCUT2D eigenvalue weighted by molar-refractivity contribution is 0.109. The monoisotopic (exact) mass is 418 g/mol. The van der Waals surface area contributed by atoms with Crippen LogP contribution in [-0.4, -0.2) is 64.4 Å². The van der Waals surface area contributed by atoms with Gasteiger partial charge in [-0.1, -0.05) is 12.1 Å². The molecular formula is C25H34N6. The molecule has 2 unspecified atom stereocenters. The van der Waals surface area contributed by atoms with Crippen LogP contribution < -0.4 is 4.90 Å². The second-order valence-corrected chi connectivity index (χ2v) is 9.28. The number of aromatic nitrogens is 3. The number of imidazole rings is 1. The topological polar surface area (TPSA) is 39.9 Å². The number of hydrogen-bond acceptors (Lipinski definition) is 5. The van der Waals surface area contributed by atoms with Crippen LogP contribution in [0.15, 0.2) is 36.5 Å². The van der Waals surface area contributed by atoms with E-state index in [0.29, 0.717) is 12.1 Å². The molecule has 6 heteroatoms. The van der Waals surface area contributed by atoms with Crippen molar-refractivity contribution < 1.29 is 0 Å². The molecule has 164 valence electrons. The maximum atomic E-state index is 5.17. The minimum atomic E-state index is 0.320. The highest BCUT2D eigenvalue weighted by molar-refractivity contribution is 5.55. The third-order valence-electron chi connectivity index (χ3n) is 7.34. The number of likely N-dealkylation sites (tertiary alicyclic amines) is 1. The molecule has 2 aliphatic heterocycles. The summed E-state index contributed by atoms with van der Waals surface area (Å²) in [6, 6.07) is 11.4. The van der Waals surface area contributed by atoms with Gasteiger partial charge in [-0.15, -0.1) is 0 Å². The first-order chi connectivity index (χ1) is 15.0. The van der Waals surface area contributed by atoms with E-state index in [4.69, 9.17) is 9.97 Å². The van der Waals surface area contributed by atoms with Gasteiger partial charge in [0.05, 0.1) is 23.5 Å². The van der Waals surface area contributed by atoms with Crippen LogP contribution in [0.5, 0.6) is 0 Å². The Morgan fingerprint density at radius 3 is 2.35 bits per heavy atom. The number of rotatable bonds is 3. The van der Waals surface area contributed by atoms with Crippen LogP contribution in [0.3, 0.4) is 0 Å². The van der Waals surface area contributed by atoms with E-state index in [9.17, 15) is 0 Å². The van der Waals surface area contributed by atoms with Gasteiger partial charge < -0.3 is 9.80 Å². The Kier molecular flexibility index (Phi) is 5.44. The van der Waals surface area contributed by atoms with E-state index in [1.54, 1.807) is 0 Å². The molecule has 6 nitrogen and oxygen atoms in total. The molecule has 2 fully saturated rings. The van der Waals surface area contributed by atoms with Crippen LogP contribution in [-0.2, 0) is 0 Å². The van der Waals surface area contributed by atoms with E-state index in [-0.39, 0.29) is 0 Å². The first kappa shape index (κ1) is 20.5. The van der Waals surface area contributed by atoms with Crippen LogP contribution in [0.25, 0.3) is 5.65 Å². The van der Waals surface area contributed by atoms with Crippen LogP contribution in [0.2, 0.25) is 0 Å². The number of pyridine rings is 2. The van der Waals surface area contributed by atoms with Crippen molar-refractivity contribution in [2.75, 3.05) is 45.2 Å². The minimum absolute atomic E-state index is 0.320. The standard InChI is InChI=1S/C25H34N6/c1-18-8-7-13-26-24(18)20-9-5-10-21(29(20)4)25-19(2)31-22(27-25)11-6-12-23(31)30-16-14-28(3)15-17-30/h6-8,11-13,20-21H,5,9-10,14-17H2,1-4H3. The van der Waals surface area contributed by atoms with E-state index in [0.717, 1.165) is 44.7 Å². The van der Waals surface area contributed by atoms with Crippen molar-refractivity contribution in [3.8, 4) is 0 Å². The average molecular weight is 419 g/mol. The van der Waals surface area contributed by atoms with Gasteiger partial charge in [0.2, 0.25) is 0 Å². The summed E-state index contributed by atoms with van der Waals surface area (Å²) in [7, 11) is 4.46. The highest BCUT2D eigenvalue weighted by Crippen LogP contribution is 2.41. The Morgan fingerprint density at radius 2 is 1.61 bits per heavy atom. The number of hydrogen-bond donors (Lipinski definition) is 0. The summed E-state index contributed by atoms with van der Waals surface area (Å²) in [6.07, 6.45) is 5.43. The molecule has 0 radical (unpaired) electrons. The molecule has 3 aromatic rings. The second kappa shape index (κ2) is 8.24. The molecule has 2 saturated heterocycles. The molecule has 5 rings (SSSR count). The molecule has 31 heavy (non-hydrogen) atoms. The summed E-state index contributed by atoms with van der Waals surface area (Å²) in [4.78, 5) is 17.3. The van der Waals surface area contributed by atoms with E-state index >= 15 is 0 Å². The van der Waals surface area contributed by atoms with E-state index < -0.39 is 0 Å². The van der Waals surface area contributed by atoms with Gasteiger partial charge in [-0.2, -0.15) is 0 Å². The maximum Gasteiger partial charge on any atom is 0.138 e. The van der Waals surface area contributed by atoms with Crippen molar-refractivity contribution in [1.29, 1.82) is 0 Å². The van der Waals surface area contributed by atoms with Crippen molar-refractivity contribution in [3.63, 3.8) is 0 Å². The highest BCUT2D eigenvalue weighted by atomic mass is 15.3. The SMILES string of the molecule is Cc1cccnc1C1CCCC(c2nc3cccc(N4CCN(C)CC4)n3c2C)N1C. The number of nitrogens with zero attached hydrogens (tertiary/aromatic N) is 6. The number of anilines is 1. The normalized spacial score (nSPS) is 23.5. The van der Waals surface area contributed by atoms with Gasteiger partial charge in [0.1, 0.15) is 11.5 Å². The zero-order valence-electron chi connectivity index (χ0n) is 19.3. The number of piperidine rings is 1. The van der Waals surface area contributed by atoms with Gasteiger partial charge in [-0.25, -0.2) is 4.98 Å². The molecule has 5 heterocycles. The Balaban J connectivity index is 1.51. The molecular weight excluding hydrogens is 384 g/mol. The highest BCUT2D eigenvalue weighted by Gasteiger charge is 2.34. The third-order valence-corrected chi connectivity index (χ3v) is 7.34. The van der Waals surface area contributed by atoms with Crippen LogP contribution >= 0.6 is 0 Å². The van der Waals surface area contributed by atoms with Gasteiger partial charge in [0.15, 0.2) is 0 Å². The lowest BCUT2D eigenvalue weighted by Crippen LogP contribution is -2.45. The Morgan fingerprint density at radius 1 is 0.871 bits per heavy atom. The van der Waals surface area contributed by atoms with Gasteiger partial charge in [0.25, 0.3) is 0 Å². The fourth-order valence-electron chi connectivity index (χ4n) is 5.47. The van der Waals surface area contributed by atoms with Gasteiger partial charge in [-0.3, -0.25) is 14.3 Å². The van der Waals surface area contributed by atoms with Crippen LogP contribution in [0.1, 0.15) is 54.0 Å². The maximum absolute atomic E-state index is 5.17. The predicted molar refractivity (Wildman–Crippen MR) is 126 cm³/mol. The lowest BCUT2D eigenvalue weighted by atomic mass is 9.90. The third kappa shape index (κ3) is 3.62. The van der Waals surface area contributed by atoms with Crippen molar-refractivity contribution >= 4 is 11.5 Å². The predicted octanol–water partition coefficient (Wildman–Crippen LogP) is 4.00. The molecule has 3 aromatic heterocycles. The van der Waals surface area contributed by atoms with Gasteiger partial charge in [0, 0.05) is 38.1 Å². The van der Waals surface area contributed by atoms with Crippen molar-refractivity contribution in [1.82, 2.24) is 24.2 Å². The Bertz CT molecular complexity index is 1070. The fourth-order valence-corrected chi connectivity index (χ4v) is 5.47. The molecule has 0 spiro atoms. The summed E-state index contributed by atoms with van der Waals surface area (Å²) >= 11 is 0. The first-order valence-electron chi connectivity index (χ1n) is 11.6. The molecule has 0 aliphatic carbocycles. The summed E-state index contributed by atoms with van der Waals surface area (Å²) in [5.74, 6) is 1.28. The molecule has 0 amide bonds. The van der Waals surface area contributed by atoms with E-state index in [1.165, 1.54) is 34.9 Å². The quantitative estimate of drug-likeness (QED) is 0.643. The smallest absolute Gasteiger partial charge is 0.138 e. The zero-order chi connectivity index (χ0) is 21.5. The molecule has 0 bridgehead atoms. The molecule has 0 N–H and O–H groups in total. The van der Waals surface area contributed by atoms with Crippen LogP contribution in [0.4, 0.5) is 5.82 Å². The van der Waals surface area contributed by atoms with Gasteiger partial charge >= 0.3 is 0 Å². The molecule has 2 aliphatic rings. The summed E-state index contributed by atoms with van der Waals surface area (Å²) in [5, 5.41) is 0. The first-order valence-corrected chi connectivity index (χ1v) is 11.6. The zero-order valence-corrected chi connectivity index (χ0v) is 19.3. The Hall–Kier alpha value is -2.44. The van der Waals surface area contributed by atoms with E-state index in [1.807, 2.05) is 12.3 Å². The molecule has 0 aromatic carbocycles. The van der Waals surface area contributed by atoms with Crippen LogP contribution in [0, 0.1) is 13.8 Å². The summed E-state index contributed by atoms with van der Waals surface area (Å²) < 4.78 is 2.38. The van der Waals surface area contributed by atoms with Gasteiger partial charge in [-0.05, 0) is 71.0 Å². The van der Waals surface area contributed by atoms with E-state index in [2.05, 4.69) is 71.3 Å². The largest absolute Gasteiger partial charge is 0.355 e. The lowest BCUT2D eigenvalue weighted by Gasteiger charge is -2.39. The fraction of sp³-hybridized carbons (Fsp3) is 0.520. The van der Waals surface area contributed by atoms with Crippen molar-refractivity contribution in [3.05, 3.63) is 59.2 Å². The second-order valence-electron chi connectivity index (χ2n) is 9.28. The number of fused-ring (bicyclic) bond motifs is 1. The summed E-state index contributed by atoms with van der Waals surface area (Å²) in [5.41, 5.74) is 6.06. The number of aryl methyl sites for hydroxylation is 2. The Labute approximate surface area is 185 Å². The number of piperazine rings is 1. The average Bonchev–Trinajstić information content (AvgIpc) is 3.12. The molecule has 2 atom stereocenters. The minimum Gasteiger partial charge on any atom is -0.355 e. The van der Waals surface area contributed by atoms with Crippen molar-refractivity contribution in [2.45, 2.75) is 45.2 Å².